The van der Waals surface area contributed by atoms with Crippen LogP contribution in [0.15, 0.2) is 52.3 Å². The molecule has 0 spiro atoms. The number of nitrogens with zero attached hydrogens (tertiary/aromatic N) is 2. The Labute approximate surface area is 211 Å². The molecule has 2 aliphatic heterocycles. The summed E-state index contributed by atoms with van der Waals surface area (Å²) in [5, 5.41) is 3.67. The highest BCUT2D eigenvalue weighted by atomic mass is 35.5. The van der Waals surface area contributed by atoms with Crippen LogP contribution in [0.5, 0.6) is 0 Å². The van der Waals surface area contributed by atoms with E-state index in [0.717, 1.165) is 54.0 Å². The average molecular weight is 498 g/mol. The zero-order valence-corrected chi connectivity index (χ0v) is 21.6. The van der Waals surface area contributed by atoms with Gasteiger partial charge in [-0.25, -0.2) is 0 Å². The number of likely N-dealkylation sites (tertiary alicyclic amines) is 1. The van der Waals surface area contributed by atoms with Crippen molar-refractivity contribution in [1.82, 2.24) is 10.2 Å². The highest BCUT2D eigenvalue weighted by Crippen LogP contribution is 2.42. The minimum absolute atomic E-state index is 0.0972. The summed E-state index contributed by atoms with van der Waals surface area (Å²) in [5.74, 6) is 1.29. The molecular weight excluding hydrogens is 466 g/mol. The number of nitrogens with one attached hydrogen (secondary N) is 1. The first-order valence-corrected chi connectivity index (χ1v) is 13.1. The molecule has 2 amide bonds. The number of hydrogen-bond acceptors (Lipinski definition) is 4. The van der Waals surface area contributed by atoms with E-state index in [4.69, 9.17) is 11.6 Å². The van der Waals surface area contributed by atoms with E-state index in [-0.39, 0.29) is 11.8 Å². The second-order valence-electron chi connectivity index (χ2n) is 9.53. The number of benzene rings is 2. The Hall–Kier alpha value is -2.28. The van der Waals surface area contributed by atoms with Gasteiger partial charge in [0.05, 0.1) is 10.6 Å². The topological polar surface area (TPSA) is 52.7 Å². The number of carbonyl (C=O) groups is 2. The largest absolute Gasteiger partial charge is 0.352 e. The molecule has 2 aromatic rings. The van der Waals surface area contributed by atoms with E-state index in [9.17, 15) is 9.59 Å². The molecule has 7 heteroatoms. The molecule has 0 radical (unpaired) electrons. The third kappa shape index (κ3) is 6.04. The SMILES string of the molecule is CC1CC(C)CN(CCCNC(=O)c2ccc3c(c2)N(C)C(=O)C(=Cc2cccc(Cl)c2)S3)C1. The molecule has 1 N–H and O–H groups in total. The van der Waals surface area contributed by atoms with Crippen LogP contribution >= 0.6 is 23.4 Å². The lowest BCUT2D eigenvalue weighted by atomic mass is 9.92. The Kier molecular flexibility index (Phi) is 8.02. The number of amides is 2. The van der Waals surface area contributed by atoms with Crippen LogP contribution in [-0.4, -0.2) is 49.9 Å². The van der Waals surface area contributed by atoms with E-state index in [0.29, 0.717) is 22.0 Å². The van der Waals surface area contributed by atoms with Crippen molar-refractivity contribution in [2.24, 2.45) is 11.8 Å². The van der Waals surface area contributed by atoms with Crippen molar-refractivity contribution in [1.29, 1.82) is 0 Å². The summed E-state index contributed by atoms with van der Waals surface area (Å²) in [7, 11) is 1.75. The van der Waals surface area contributed by atoms with Gasteiger partial charge in [-0.3, -0.25) is 9.59 Å². The van der Waals surface area contributed by atoms with Gasteiger partial charge >= 0.3 is 0 Å². The van der Waals surface area contributed by atoms with Gasteiger partial charge in [0.2, 0.25) is 0 Å². The minimum atomic E-state index is -0.103. The van der Waals surface area contributed by atoms with Crippen LogP contribution in [0.2, 0.25) is 5.02 Å². The first-order chi connectivity index (χ1) is 16.3. The van der Waals surface area contributed by atoms with Gasteiger partial charge in [0.25, 0.3) is 11.8 Å². The van der Waals surface area contributed by atoms with Crippen LogP contribution in [0.1, 0.15) is 42.6 Å². The van der Waals surface area contributed by atoms with Gasteiger partial charge in [0.15, 0.2) is 0 Å². The maximum Gasteiger partial charge on any atom is 0.264 e. The molecule has 2 aliphatic rings. The van der Waals surface area contributed by atoms with Gasteiger partial charge in [0, 0.05) is 42.2 Å². The van der Waals surface area contributed by atoms with Gasteiger partial charge in [-0.1, -0.05) is 49.3 Å². The summed E-state index contributed by atoms with van der Waals surface area (Å²) >= 11 is 7.50. The number of rotatable bonds is 6. The molecule has 2 unspecified atom stereocenters. The Morgan fingerprint density at radius 3 is 2.68 bits per heavy atom. The molecule has 0 aromatic heterocycles. The van der Waals surface area contributed by atoms with Gasteiger partial charge in [-0.05, 0) is 73.2 Å². The lowest BCUT2D eigenvalue weighted by Gasteiger charge is -2.34. The lowest BCUT2D eigenvalue weighted by molar-refractivity contribution is -0.114. The Morgan fingerprint density at radius 2 is 1.94 bits per heavy atom. The highest BCUT2D eigenvalue weighted by Gasteiger charge is 2.27. The first kappa shape index (κ1) is 24.8. The van der Waals surface area contributed by atoms with E-state index in [1.807, 2.05) is 42.5 Å². The van der Waals surface area contributed by atoms with E-state index >= 15 is 0 Å². The Morgan fingerprint density at radius 1 is 1.18 bits per heavy atom. The number of piperidine rings is 1. The van der Waals surface area contributed by atoms with Crippen LogP contribution in [0.4, 0.5) is 5.69 Å². The molecular formula is C27H32ClN3O2S. The number of likely N-dealkylation sites (N-methyl/N-ethyl adjacent to an activating group) is 1. The lowest BCUT2D eigenvalue weighted by Crippen LogP contribution is -2.40. The van der Waals surface area contributed by atoms with Gasteiger partial charge < -0.3 is 15.1 Å². The summed E-state index contributed by atoms with van der Waals surface area (Å²) in [6, 6.07) is 13.0. The van der Waals surface area contributed by atoms with Crippen molar-refractivity contribution < 1.29 is 9.59 Å². The standard InChI is InChI=1S/C27H32ClN3O2S/c1-18-12-19(2)17-31(16-18)11-5-10-29-26(32)21-8-9-24-23(15-21)30(3)27(33)25(34-24)14-20-6-4-7-22(28)13-20/h4,6-9,13-15,18-19H,5,10-12,16-17H2,1-3H3,(H,29,32). The third-order valence-corrected chi connectivity index (χ3v) is 7.66. The summed E-state index contributed by atoms with van der Waals surface area (Å²) in [6.07, 6.45) is 4.09. The zero-order chi connectivity index (χ0) is 24.2. The molecule has 34 heavy (non-hydrogen) atoms. The van der Waals surface area contributed by atoms with Gasteiger partial charge in [-0.2, -0.15) is 0 Å². The number of hydrogen-bond donors (Lipinski definition) is 1. The molecule has 1 saturated heterocycles. The summed E-state index contributed by atoms with van der Waals surface area (Å²) in [4.78, 5) is 31.4. The van der Waals surface area contributed by atoms with E-state index in [2.05, 4.69) is 24.1 Å². The Bertz CT molecular complexity index is 1090. The molecule has 4 rings (SSSR count). The van der Waals surface area contributed by atoms with Gasteiger partial charge in [0.1, 0.15) is 0 Å². The number of halogens is 1. The maximum absolute atomic E-state index is 13.0. The van der Waals surface area contributed by atoms with E-state index < -0.39 is 0 Å². The van der Waals surface area contributed by atoms with Crippen molar-refractivity contribution >= 4 is 46.9 Å². The van der Waals surface area contributed by atoms with Crippen LogP contribution in [-0.2, 0) is 4.79 Å². The molecule has 1 fully saturated rings. The number of thioether (sulfide) groups is 1. The summed E-state index contributed by atoms with van der Waals surface area (Å²) in [5.41, 5.74) is 2.20. The molecule has 2 atom stereocenters. The number of anilines is 1. The minimum Gasteiger partial charge on any atom is -0.352 e. The van der Waals surface area contributed by atoms with E-state index in [1.54, 1.807) is 18.0 Å². The molecule has 5 nitrogen and oxygen atoms in total. The molecule has 2 heterocycles. The zero-order valence-electron chi connectivity index (χ0n) is 20.0. The predicted molar refractivity (Wildman–Crippen MR) is 141 cm³/mol. The number of fused-ring (bicyclic) bond motifs is 1. The van der Waals surface area contributed by atoms with Gasteiger partial charge in [-0.15, -0.1) is 0 Å². The van der Waals surface area contributed by atoms with Crippen molar-refractivity contribution in [3.63, 3.8) is 0 Å². The second-order valence-corrected chi connectivity index (χ2v) is 11.0. The van der Waals surface area contributed by atoms with E-state index in [1.165, 1.54) is 18.2 Å². The van der Waals surface area contributed by atoms with Crippen molar-refractivity contribution in [2.45, 2.75) is 31.6 Å². The van der Waals surface area contributed by atoms with Crippen molar-refractivity contribution in [3.05, 3.63) is 63.5 Å². The normalized spacial score (nSPS) is 22.1. The quantitative estimate of drug-likeness (QED) is 0.420. The maximum atomic E-state index is 13.0. The fraction of sp³-hybridized carbons (Fsp3) is 0.407. The molecule has 0 bridgehead atoms. The Balaban J connectivity index is 1.37. The third-order valence-electron chi connectivity index (χ3n) is 6.35. The van der Waals surface area contributed by atoms with Crippen LogP contribution in [0.25, 0.3) is 6.08 Å². The molecule has 180 valence electrons. The molecule has 2 aromatic carbocycles. The summed E-state index contributed by atoms with van der Waals surface area (Å²) in [6.45, 7) is 8.58. The first-order valence-electron chi connectivity index (χ1n) is 11.9. The van der Waals surface area contributed by atoms with Crippen LogP contribution in [0.3, 0.4) is 0 Å². The second kappa shape index (κ2) is 11.0. The fourth-order valence-electron chi connectivity index (χ4n) is 4.86. The predicted octanol–water partition coefficient (Wildman–Crippen LogP) is 5.55. The molecule has 0 aliphatic carbocycles. The fourth-order valence-corrected chi connectivity index (χ4v) is 6.16. The van der Waals surface area contributed by atoms with Crippen molar-refractivity contribution in [3.8, 4) is 0 Å². The monoisotopic (exact) mass is 497 g/mol. The highest BCUT2D eigenvalue weighted by molar-refractivity contribution is 8.04. The van der Waals surface area contributed by atoms with Crippen LogP contribution < -0.4 is 10.2 Å². The smallest absolute Gasteiger partial charge is 0.264 e. The van der Waals surface area contributed by atoms with Crippen molar-refractivity contribution in [2.75, 3.05) is 38.1 Å². The van der Waals surface area contributed by atoms with Crippen LogP contribution in [0, 0.1) is 11.8 Å². The molecule has 0 saturated carbocycles. The average Bonchev–Trinajstić information content (AvgIpc) is 2.79. The summed E-state index contributed by atoms with van der Waals surface area (Å²) < 4.78 is 0. The number of carbonyl (C=O) groups excluding carboxylic acids is 2.